The number of nitrogens with zero attached hydrogens (tertiary/aromatic N) is 2. The van der Waals surface area contributed by atoms with Crippen LogP contribution in [0.3, 0.4) is 0 Å². The molecular formula is C17H23N3. The molecular weight excluding hydrogens is 246 g/mol. The van der Waals surface area contributed by atoms with E-state index in [2.05, 4.69) is 35.0 Å². The van der Waals surface area contributed by atoms with Gasteiger partial charge in [0.2, 0.25) is 0 Å². The predicted octanol–water partition coefficient (Wildman–Crippen LogP) is 3.22. The van der Waals surface area contributed by atoms with Gasteiger partial charge in [0.1, 0.15) is 5.82 Å². The van der Waals surface area contributed by atoms with E-state index in [1.807, 2.05) is 0 Å². The molecule has 1 saturated heterocycles. The lowest BCUT2D eigenvalue weighted by Crippen LogP contribution is -2.11. The highest BCUT2D eigenvalue weighted by atomic mass is 15.1. The van der Waals surface area contributed by atoms with Crippen molar-refractivity contribution >= 4 is 11.0 Å². The zero-order valence-electron chi connectivity index (χ0n) is 12.2. The lowest BCUT2D eigenvalue weighted by molar-refractivity contribution is 0.515. The molecule has 2 fully saturated rings. The quantitative estimate of drug-likeness (QED) is 0.923. The first-order valence-corrected chi connectivity index (χ1v) is 7.99. The molecule has 3 heteroatoms. The van der Waals surface area contributed by atoms with Crippen molar-refractivity contribution in [2.24, 2.45) is 5.92 Å². The summed E-state index contributed by atoms with van der Waals surface area (Å²) in [5, 5.41) is 3.47. The third-order valence-corrected chi connectivity index (χ3v) is 4.77. The van der Waals surface area contributed by atoms with Gasteiger partial charge in [-0.05, 0) is 69.3 Å². The first-order valence-electron chi connectivity index (χ1n) is 7.99. The molecule has 1 N–H and O–H groups in total. The zero-order chi connectivity index (χ0) is 13.5. The molecule has 0 spiro atoms. The van der Waals surface area contributed by atoms with Gasteiger partial charge in [-0.2, -0.15) is 0 Å². The molecule has 2 aliphatic rings. The van der Waals surface area contributed by atoms with Gasteiger partial charge in [-0.15, -0.1) is 0 Å². The zero-order valence-corrected chi connectivity index (χ0v) is 12.2. The molecule has 1 aromatic carbocycles. The topological polar surface area (TPSA) is 29.9 Å². The van der Waals surface area contributed by atoms with E-state index in [9.17, 15) is 0 Å². The van der Waals surface area contributed by atoms with Gasteiger partial charge in [0.15, 0.2) is 0 Å². The smallest absolute Gasteiger partial charge is 0.110 e. The number of hydrogen-bond donors (Lipinski definition) is 1. The second-order valence-electron chi connectivity index (χ2n) is 6.52. The van der Waals surface area contributed by atoms with E-state index in [0.717, 1.165) is 18.4 Å². The van der Waals surface area contributed by atoms with Crippen molar-refractivity contribution in [3.05, 3.63) is 29.6 Å². The number of benzene rings is 1. The molecule has 20 heavy (non-hydrogen) atoms. The molecule has 0 radical (unpaired) electrons. The Labute approximate surface area is 120 Å². The molecule has 1 aliphatic carbocycles. The second-order valence-corrected chi connectivity index (χ2v) is 6.52. The van der Waals surface area contributed by atoms with E-state index in [1.54, 1.807) is 0 Å². The molecule has 4 rings (SSSR count). The summed E-state index contributed by atoms with van der Waals surface area (Å²) in [5.74, 6) is 2.17. The number of rotatable bonds is 4. The fourth-order valence-corrected chi connectivity index (χ4v) is 3.47. The number of aryl methyl sites for hydroxylation is 2. The molecule has 0 bridgehead atoms. The molecule has 106 valence electrons. The van der Waals surface area contributed by atoms with Crippen LogP contribution >= 0.6 is 0 Å². The average molecular weight is 269 g/mol. The Morgan fingerprint density at radius 3 is 2.95 bits per heavy atom. The van der Waals surface area contributed by atoms with E-state index in [4.69, 9.17) is 4.98 Å². The highest BCUT2D eigenvalue weighted by Crippen LogP contribution is 2.39. The SMILES string of the molecule is Cc1ccc2c(c1)nc(CCC1CCNC1)n2C1CC1. The van der Waals surface area contributed by atoms with Gasteiger partial charge < -0.3 is 9.88 Å². The van der Waals surface area contributed by atoms with Gasteiger partial charge in [0, 0.05) is 12.5 Å². The highest BCUT2D eigenvalue weighted by molar-refractivity contribution is 5.77. The molecule has 1 aliphatic heterocycles. The lowest BCUT2D eigenvalue weighted by Gasteiger charge is -2.10. The van der Waals surface area contributed by atoms with Crippen molar-refractivity contribution in [1.29, 1.82) is 0 Å². The molecule has 0 amide bonds. The number of hydrogen-bond acceptors (Lipinski definition) is 2. The van der Waals surface area contributed by atoms with Crippen LogP contribution in [0.2, 0.25) is 0 Å². The summed E-state index contributed by atoms with van der Waals surface area (Å²) in [6, 6.07) is 7.43. The minimum absolute atomic E-state index is 0.722. The summed E-state index contributed by atoms with van der Waals surface area (Å²) in [4.78, 5) is 4.94. The summed E-state index contributed by atoms with van der Waals surface area (Å²) in [7, 11) is 0. The standard InChI is InChI=1S/C17H23N3/c1-12-2-6-16-15(10-12)19-17(20(16)14-4-5-14)7-3-13-8-9-18-11-13/h2,6,10,13-14,18H,3-5,7-9,11H2,1H3. The average Bonchev–Trinajstić information content (AvgIpc) is 3.01. The molecule has 1 aromatic heterocycles. The Morgan fingerprint density at radius 2 is 2.20 bits per heavy atom. The Hall–Kier alpha value is -1.35. The van der Waals surface area contributed by atoms with Crippen LogP contribution in [0.5, 0.6) is 0 Å². The van der Waals surface area contributed by atoms with E-state index < -0.39 is 0 Å². The van der Waals surface area contributed by atoms with Crippen LogP contribution < -0.4 is 5.32 Å². The van der Waals surface area contributed by atoms with Gasteiger partial charge in [-0.25, -0.2) is 4.98 Å². The van der Waals surface area contributed by atoms with Crippen LogP contribution in [0.4, 0.5) is 0 Å². The van der Waals surface area contributed by atoms with Crippen LogP contribution in [0, 0.1) is 12.8 Å². The number of fused-ring (bicyclic) bond motifs is 1. The second kappa shape index (κ2) is 4.88. The molecule has 1 atom stereocenters. The Bertz CT molecular complexity index is 618. The first kappa shape index (κ1) is 12.4. The van der Waals surface area contributed by atoms with E-state index in [-0.39, 0.29) is 0 Å². The molecule has 1 unspecified atom stereocenters. The van der Waals surface area contributed by atoms with Crippen LogP contribution in [-0.2, 0) is 6.42 Å². The van der Waals surface area contributed by atoms with Crippen molar-refractivity contribution in [3.63, 3.8) is 0 Å². The lowest BCUT2D eigenvalue weighted by atomic mass is 10.0. The van der Waals surface area contributed by atoms with Crippen LogP contribution in [0.15, 0.2) is 18.2 Å². The fourth-order valence-electron chi connectivity index (χ4n) is 3.47. The Kier molecular flexibility index (Phi) is 3.03. The van der Waals surface area contributed by atoms with Crippen molar-refractivity contribution in [2.45, 2.75) is 45.1 Å². The van der Waals surface area contributed by atoms with Gasteiger partial charge in [-0.3, -0.25) is 0 Å². The third-order valence-electron chi connectivity index (χ3n) is 4.77. The summed E-state index contributed by atoms with van der Waals surface area (Å²) in [6.45, 7) is 4.55. The van der Waals surface area contributed by atoms with Crippen LogP contribution in [0.25, 0.3) is 11.0 Å². The monoisotopic (exact) mass is 269 g/mol. The Balaban J connectivity index is 1.64. The van der Waals surface area contributed by atoms with Gasteiger partial charge in [-0.1, -0.05) is 6.07 Å². The van der Waals surface area contributed by atoms with Crippen LogP contribution in [-0.4, -0.2) is 22.6 Å². The van der Waals surface area contributed by atoms with E-state index in [0.29, 0.717) is 0 Å². The third kappa shape index (κ3) is 2.24. The maximum absolute atomic E-state index is 4.94. The van der Waals surface area contributed by atoms with Gasteiger partial charge in [0.25, 0.3) is 0 Å². The predicted molar refractivity (Wildman–Crippen MR) is 82.0 cm³/mol. The Morgan fingerprint density at radius 1 is 1.30 bits per heavy atom. The summed E-state index contributed by atoms with van der Waals surface area (Å²) < 4.78 is 2.52. The van der Waals surface area contributed by atoms with E-state index >= 15 is 0 Å². The normalized spacial score (nSPS) is 22.8. The number of imidazole rings is 1. The van der Waals surface area contributed by atoms with Crippen LogP contribution in [0.1, 0.15) is 43.1 Å². The van der Waals surface area contributed by atoms with Gasteiger partial charge >= 0.3 is 0 Å². The molecule has 2 aromatic rings. The summed E-state index contributed by atoms with van der Waals surface area (Å²) in [5.41, 5.74) is 3.85. The molecule has 1 saturated carbocycles. The number of aromatic nitrogens is 2. The fraction of sp³-hybridized carbons (Fsp3) is 0.588. The first-order chi connectivity index (χ1) is 9.81. The highest BCUT2D eigenvalue weighted by Gasteiger charge is 2.28. The largest absolute Gasteiger partial charge is 0.325 e. The maximum atomic E-state index is 4.94. The van der Waals surface area contributed by atoms with Crippen molar-refractivity contribution in [2.75, 3.05) is 13.1 Å². The van der Waals surface area contributed by atoms with Gasteiger partial charge in [0.05, 0.1) is 11.0 Å². The molecule has 2 heterocycles. The van der Waals surface area contributed by atoms with E-state index in [1.165, 1.54) is 61.2 Å². The maximum Gasteiger partial charge on any atom is 0.110 e. The van der Waals surface area contributed by atoms with Crippen molar-refractivity contribution in [3.8, 4) is 0 Å². The number of nitrogens with one attached hydrogen (secondary N) is 1. The van der Waals surface area contributed by atoms with Crippen molar-refractivity contribution in [1.82, 2.24) is 14.9 Å². The minimum Gasteiger partial charge on any atom is -0.325 e. The molecule has 3 nitrogen and oxygen atoms in total. The summed E-state index contributed by atoms with van der Waals surface area (Å²) in [6.07, 6.45) is 6.41. The van der Waals surface area contributed by atoms with Crippen molar-refractivity contribution < 1.29 is 0 Å². The minimum atomic E-state index is 0.722. The summed E-state index contributed by atoms with van der Waals surface area (Å²) >= 11 is 0.